The van der Waals surface area contributed by atoms with E-state index in [4.69, 9.17) is 4.74 Å². The summed E-state index contributed by atoms with van der Waals surface area (Å²) < 4.78 is 5.83. The molecule has 1 aliphatic carbocycles. The number of aliphatic hydroxyl groups excluding tert-OH is 1. The van der Waals surface area contributed by atoms with E-state index in [9.17, 15) is 5.11 Å². The maximum Gasteiger partial charge on any atom is 0.0558 e. The first-order valence-electron chi connectivity index (χ1n) is 8.81. The van der Waals surface area contributed by atoms with Crippen molar-refractivity contribution in [2.45, 2.75) is 64.5 Å². The third-order valence-electron chi connectivity index (χ3n) is 5.06. The second-order valence-corrected chi connectivity index (χ2v) is 7.32. The van der Waals surface area contributed by atoms with Gasteiger partial charge in [0.15, 0.2) is 0 Å². The van der Waals surface area contributed by atoms with Gasteiger partial charge < -0.3 is 15.2 Å². The Morgan fingerprint density at radius 3 is 2.62 bits per heavy atom. The van der Waals surface area contributed by atoms with Crippen LogP contribution < -0.4 is 5.32 Å². The Morgan fingerprint density at radius 1 is 1.29 bits per heavy atom. The highest BCUT2D eigenvalue weighted by atomic mass is 16.5. The van der Waals surface area contributed by atoms with E-state index in [2.05, 4.69) is 24.1 Å². The van der Waals surface area contributed by atoms with E-state index >= 15 is 0 Å². The number of aliphatic hydroxyl groups is 1. The molecule has 1 unspecified atom stereocenters. The molecule has 2 N–H and O–H groups in total. The summed E-state index contributed by atoms with van der Waals surface area (Å²) in [5.41, 5.74) is 0.223. The van der Waals surface area contributed by atoms with Crippen LogP contribution in [0.5, 0.6) is 0 Å². The largest absolute Gasteiger partial charge is 0.395 e. The second-order valence-electron chi connectivity index (χ2n) is 7.32. The molecule has 1 heterocycles. The molecule has 124 valence electrons. The maximum absolute atomic E-state index is 9.44. The quantitative estimate of drug-likeness (QED) is 0.719. The molecule has 0 aromatic heterocycles. The smallest absolute Gasteiger partial charge is 0.0558 e. The zero-order chi connectivity index (χ0) is 15.1. The number of hydrogen-bond donors (Lipinski definition) is 2. The molecular weight excluding hydrogens is 264 g/mol. The first-order chi connectivity index (χ1) is 10.2. The zero-order valence-electron chi connectivity index (χ0n) is 13.9. The number of nitrogens with one attached hydrogen (secondary N) is 1. The summed E-state index contributed by atoms with van der Waals surface area (Å²) in [6, 6.07) is 1.19. The first-order valence-corrected chi connectivity index (χ1v) is 8.81. The fourth-order valence-electron chi connectivity index (χ4n) is 3.87. The van der Waals surface area contributed by atoms with Gasteiger partial charge in [-0.3, -0.25) is 4.90 Å². The fourth-order valence-corrected chi connectivity index (χ4v) is 3.87. The summed E-state index contributed by atoms with van der Waals surface area (Å²) in [7, 11) is 0. The Hall–Kier alpha value is -0.160. The molecule has 21 heavy (non-hydrogen) atoms. The average molecular weight is 298 g/mol. The van der Waals surface area contributed by atoms with Crippen molar-refractivity contribution >= 4 is 0 Å². The molecule has 2 fully saturated rings. The van der Waals surface area contributed by atoms with Crippen LogP contribution in [-0.4, -0.2) is 61.5 Å². The van der Waals surface area contributed by atoms with Crippen molar-refractivity contribution in [1.82, 2.24) is 10.2 Å². The summed E-state index contributed by atoms with van der Waals surface area (Å²) >= 11 is 0. The molecule has 4 heteroatoms. The van der Waals surface area contributed by atoms with Crippen molar-refractivity contribution in [3.8, 4) is 0 Å². The van der Waals surface area contributed by atoms with E-state index in [1.807, 2.05) is 0 Å². The van der Waals surface area contributed by atoms with Gasteiger partial charge in [0, 0.05) is 43.7 Å². The van der Waals surface area contributed by atoms with Crippen molar-refractivity contribution in [3.05, 3.63) is 0 Å². The molecule has 0 amide bonds. The SMILES string of the molecule is CC(C)NCC1(CN(CCO)C2CCCC2)CCCOC1. The highest BCUT2D eigenvalue weighted by molar-refractivity contribution is 4.90. The highest BCUT2D eigenvalue weighted by Gasteiger charge is 2.36. The minimum Gasteiger partial charge on any atom is -0.395 e. The Bertz CT molecular complexity index is 285. The predicted molar refractivity (Wildman–Crippen MR) is 86.5 cm³/mol. The highest BCUT2D eigenvalue weighted by Crippen LogP contribution is 2.32. The zero-order valence-corrected chi connectivity index (χ0v) is 13.9. The van der Waals surface area contributed by atoms with Gasteiger partial charge in [0.1, 0.15) is 0 Å². The van der Waals surface area contributed by atoms with Gasteiger partial charge in [-0.15, -0.1) is 0 Å². The number of hydrogen-bond acceptors (Lipinski definition) is 4. The van der Waals surface area contributed by atoms with Crippen molar-refractivity contribution < 1.29 is 9.84 Å². The Kier molecular flexibility index (Phi) is 6.93. The predicted octanol–water partition coefficient (Wildman–Crippen LogP) is 2.02. The second kappa shape index (κ2) is 8.47. The van der Waals surface area contributed by atoms with Crippen molar-refractivity contribution in [2.75, 3.05) is 39.5 Å². The minimum absolute atomic E-state index is 0.223. The van der Waals surface area contributed by atoms with Crippen LogP contribution >= 0.6 is 0 Å². The molecule has 1 saturated heterocycles. The number of rotatable bonds is 8. The van der Waals surface area contributed by atoms with Gasteiger partial charge >= 0.3 is 0 Å². The van der Waals surface area contributed by atoms with Gasteiger partial charge in [0.2, 0.25) is 0 Å². The van der Waals surface area contributed by atoms with Crippen LogP contribution in [0.2, 0.25) is 0 Å². The average Bonchev–Trinajstić information content (AvgIpc) is 3.00. The molecule has 1 atom stereocenters. The van der Waals surface area contributed by atoms with Crippen LogP contribution in [0.1, 0.15) is 52.4 Å². The van der Waals surface area contributed by atoms with Gasteiger partial charge in [0.05, 0.1) is 13.2 Å². The third kappa shape index (κ3) is 5.20. The van der Waals surface area contributed by atoms with Gasteiger partial charge in [-0.25, -0.2) is 0 Å². The van der Waals surface area contributed by atoms with E-state index in [1.54, 1.807) is 0 Å². The molecule has 0 aromatic carbocycles. The Labute approximate surface area is 130 Å². The summed E-state index contributed by atoms with van der Waals surface area (Å²) in [4.78, 5) is 2.55. The minimum atomic E-state index is 0.223. The molecule has 0 radical (unpaired) electrons. The summed E-state index contributed by atoms with van der Waals surface area (Å²) in [5.74, 6) is 0. The molecule has 0 bridgehead atoms. The van der Waals surface area contributed by atoms with Gasteiger partial charge in [0.25, 0.3) is 0 Å². The molecule has 0 aromatic rings. The number of ether oxygens (including phenoxy) is 1. The van der Waals surface area contributed by atoms with Crippen molar-refractivity contribution in [1.29, 1.82) is 0 Å². The van der Waals surface area contributed by atoms with Crippen LogP contribution in [0.15, 0.2) is 0 Å². The van der Waals surface area contributed by atoms with Crippen molar-refractivity contribution in [2.24, 2.45) is 5.41 Å². The standard InChI is InChI=1S/C17H34N2O2/c1-15(2)18-12-17(8-5-11-21-14-17)13-19(9-10-20)16-6-3-4-7-16/h15-16,18,20H,3-14H2,1-2H3. The van der Waals surface area contributed by atoms with Gasteiger partial charge in [-0.2, -0.15) is 0 Å². The van der Waals surface area contributed by atoms with E-state index in [-0.39, 0.29) is 12.0 Å². The van der Waals surface area contributed by atoms with E-state index in [1.165, 1.54) is 32.1 Å². The number of nitrogens with zero attached hydrogens (tertiary/aromatic N) is 1. The molecule has 4 nitrogen and oxygen atoms in total. The summed E-state index contributed by atoms with van der Waals surface area (Å²) in [6.45, 7) is 9.37. The molecule has 2 aliphatic rings. The lowest BCUT2D eigenvalue weighted by atomic mass is 9.81. The maximum atomic E-state index is 9.44. The van der Waals surface area contributed by atoms with Crippen LogP contribution in [0.3, 0.4) is 0 Å². The van der Waals surface area contributed by atoms with Crippen molar-refractivity contribution in [3.63, 3.8) is 0 Å². The van der Waals surface area contributed by atoms with Crippen LogP contribution in [0.25, 0.3) is 0 Å². The summed E-state index contributed by atoms with van der Waals surface area (Å²) in [6.07, 6.45) is 7.70. The third-order valence-corrected chi connectivity index (χ3v) is 5.06. The molecule has 0 spiro atoms. The monoisotopic (exact) mass is 298 g/mol. The van der Waals surface area contributed by atoms with Crippen LogP contribution in [0.4, 0.5) is 0 Å². The Balaban J connectivity index is 1.99. The molecule has 1 saturated carbocycles. The first kappa shape index (κ1) is 17.2. The fraction of sp³-hybridized carbons (Fsp3) is 1.00. The Morgan fingerprint density at radius 2 is 2.05 bits per heavy atom. The lowest BCUT2D eigenvalue weighted by Crippen LogP contribution is -2.52. The lowest BCUT2D eigenvalue weighted by Gasteiger charge is -2.43. The van der Waals surface area contributed by atoms with Crippen LogP contribution in [-0.2, 0) is 4.74 Å². The van der Waals surface area contributed by atoms with E-state index < -0.39 is 0 Å². The molecular formula is C17H34N2O2. The summed E-state index contributed by atoms with van der Waals surface area (Å²) in [5, 5.41) is 13.1. The molecule has 1 aliphatic heterocycles. The lowest BCUT2D eigenvalue weighted by molar-refractivity contribution is -0.0357. The van der Waals surface area contributed by atoms with E-state index in [0.29, 0.717) is 12.1 Å². The molecule has 2 rings (SSSR count). The van der Waals surface area contributed by atoms with Gasteiger partial charge in [-0.05, 0) is 25.7 Å². The topological polar surface area (TPSA) is 44.7 Å². The van der Waals surface area contributed by atoms with Gasteiger partial charge in [-0.1, -0.05) is 26.7 Å². The normalized spacial score (nSPS) is 27.9. The van der Waals surface area contributed by atoms with Crippen LogP contribution in [0, 0.1) is 5.41 Å². The van der Waals surface area contributed by atoms with E-state index in [0.717, 1.165) is 39.3 Å².